The van der Waals surface area contributed by atoms with Crippen molar-refractivity contribution in [3.8, 4) is 5.69 Å². The number of nitrogens with zero attached hydrogens (tertiary/aromatic N) is 3. The molecule has 0 saturated heterocycles. The monoisotopic (exact) mass is 402 g/mol. The lowest BCUT2D eigenvalue weighted by molar-refractivity contribution is 0.629. The number of anilines is 4. The molecule has 0 atom stereocenters. The van der Waals surface area contributed by atoms with E-state index >= 15 is 0 Å². The molecule has 2 aromatic heterocycles. The van der Waals surface area contributed by atoms with Crippen molar-refractivity contribution in [1.82, 2.24) is 14.8 Å². The van der Waals surface area contributed by atoms with Crippen molar-refractivity contribution < 1.29 is 4.39 Å². The molecule has 0 saturated carbocycles. The number of halogens is 3. The molecule has 0 aliphatic carbocycles. The lowest BCUT2D eigenvalue weighted by Gasteiger charge is -2.08. The van der Waals surface area contributed by atoms with E-state index in [2.05, 4.69) is 15.4 Å². The molecule has 136 valence electrons. The van der Waals surface area contributed by atoms with E-state index in [1.165, 1.54) is 4.68 Å². The van der Waals surface area contributed by atoms with E-state index in [-0.39, 0.29) is 5.52 Å². The first-order chi connectivity index (χ1) is 12.9. The van der Waals surface area contributed by atoms with E-state index in [0.29, 0.717) is 44.0 Å². The minimum absolute atomic E-state index is 0.125. The van der Waals surface area contributed by atoms with Crippen molar-refractivity contribution in [3.63, 3.8) is 0 Å². The van der Waals surface area contributed by atoms with Crippen molar-refractivity contribution in [1.29, 1.82) is 0 Å². The van der Waals surface area contributed by atoms with E-state index in [4.69, 9.17) is 34.7 Å². The Morgan fingerprint density at radius 3 is 2.48 bits per heavy atom. The minimum Gasteiger partial charge on any atom is -0.399 e. The van der Waals surface area contributed by atoms with Crippen LogP contribution in [0.4, 0.5) is 27.3 Å². The van der Waals surface area contributed by atoms with Crippen LogP contribution in [-0.2, 0) is 0 Å². The summed E-state index contributed by atoms with van der Waals surface area (Å²) >= 11 is 12.5. The number of rotatable bonds is 3. The summed E-state index contributed by atoms with van der Waals surface area (Å²) in [5, 5.41) is 8.46. The number of pyridine rings is 1. The average molecular weight is 403 g/mol. The second-order valence-electron chi connectivity index (χ2n) is 5.87. The molecule has 0 aliphatic rings. The number of fused-ring (bicyclic) bond motifs is 1. The Hall–Kier alpha value is -3.03. The van der Waals surface area contributed by atoms with E-state index < -0.39 is 5.82 Å². The van der Waals surface area contributed by atoms with E-state index in [0.717, 1.165) is 6.20 Å². The molecule has 0 fully saturated rings. The van der Waals surface area contributed by atoms with Gasteiger partial charge >= 0.3 is 0 Å². The van der Waals surface area contributed by atoms with Gasteiger partial charge in [-0.25, -0.2) is 14.1 Å². The lowest BCUT2D eigenvalue weighted by Crippen LogP contribution is -1.98. The van der Waals surface area contributed by atoms with Gasteiger partial charge in [-0.1, -0.05) is 29.3 Å². The Balaban J connectivity index is 1.86. The van der Waals surface area contributed by atoms with Crippen LogP contribution in [0.3, 0.4) is 0 Å². The fourth-order valence-electron chi connectivity index (χ4n) is 2.75. The fourth-order valence-corrected chi connectivity index (χ4v) is 3.42. The zero-order valence-corrected chi connectivity index (χ0v) is 15.3. The molecular formula is C18H13Cl2FN6. The molecule has 2 aromatic carbocycles. The molecule has 4 aromatic rings. The van der Waals surface area contributed by atoms with Crippen molar-refractivity contribution >= 4 is 57.0 Å². The molecule has 0 spiro atoms. The summed E-state index contributed by atoms with van der Waals surface area (Å²) in [6.07, 6.45) is 2.70. The predicted octanol–water partition coefficient (Wildman–Crippen LogP) is 4.77. The highest BCUT2D eigenvalue weighted by Gasteiger charge is 2.17. The number of nitrogens with two attached hydrogens (primary N) is 2. The Bertz CT molecular complexity index is 1150. The summed E-state index contributed by atoms with van der Waals surface area (Å²) in [4.78, 5) is 4.13. The first kappa shape index (κ1) is 17.4. The standard InChI is InChI=1S/C18H13Cl2FN6/c19-13-5-10(23)6-14(20)17(13)27-8-12-16(26-27)15(21)7-24-18(12)25-11-3-1-2-9(22)4-11/h1-8H,22-23H2,(H,24,25). The fraction of sp³-hybridized carbons (Fsp3) is 0. The molecule has 0 radical (unpaired) electrons. The van der Waals surface area contributed by atoms with Gasteiger partial charge < -0.3 is 16.8 Å². The van der Waals surface area contributed by atoms with E-state index in [9.17, 15) is 4.39 Å². The smallest absolute Gasteiger partial charge is 0.169 e. The van der Waals surface area contributed by atoms with Crippen LogP contribution < -0.4 is 16.8 Å². The summed E-state index contributed by atoms with van der Waals surface area (Å²) < 4.78 is 15.7. The normalized spacial score (nSPS) is 11.1. The van der Waals surface area contributed by atoms with Gasteiger partial charge in [0.2, 0.25) is 0 Å². The number of nitrogens with one attached hydrogen (secondary N) is 1. The summed E-state index contributed by atoms with van der Waals surface area (Å²) in [7, 11) is 0. The molecule has 4 rings (SSSR count). The highest BCUT2D eigenvalue weighted by Crippen LogP contribution is 2.33. The van der Waals surface area contributed by atoms with Crippen LogP contribution in [0.15, 0.2) is 48.8 Å². The maximum Gasteiger partial charge on any atom is 0.169 e. The van der Waals surface area contributed by atoms with Crippen LogP contribution in [-0.4, -0.2) is 14.8 Å². The van der Waals surface area contributed by atoms with Gasteiger partial charge in [0.25, 0.3) is 0 Å². The van der Waals surface area contributed by atoms with E-state index in [1.807, 2.05) is 6.07 Å². The number of benzene rings is 2. The summed E-state index contributed by atoms with van der Waals surface area (Å²) in [6.45, 7) is 0. The molecule has 2 heterocycles. The Morgan fingerprint density at radius 1 is 1.04 bits per heavy atom. The molecule has 5 N–H and O–H groups in total. The lowest BCUT2D eigenvalue weighted by atomic mass is 10.2. The van der Waals surface area contributed by atoms with Crippen LogP contribution >= 0.6 is 23.2 Å². The predicted molar refractivity (Wildman–Crippen MR) is 107 cm³/mol. The number of hydrogen-bond donors (Lipinski definition) is 3. The van der Waals surface area contributed by atoms with Crippen LogP contribution in [0.1, 0.15) is 0 Å². The Kier molecular flexibility index (Phi) is 4.25. The number of hydrogen-bond acceptors (Lipinski definition) is 5. The maximum atomic E-state index is 14.3. The van der Waals surface area contributed by atoms with Gasteiger partial charge in [0.15, 0.2) is 5.82 Å². The van der Waals surface area contributed by atoms with Gasteiger partial charge in [-0.2, -0.15) is 5.10 Å². The SMILES string of the molecule is Nc1cccc(Nc2ncc(F)c3nn(-c4c(Cl)cc(N)cc4Cl)cc23)c1. The average Bonchev–Trinajstić information content (AvgIpc) is 3.02. The van der Waals surface area contributed by atoms with Crippen LogP contribution in [0, 0.1) is 5.82 Å². The van der Waals surface area contributed by atoms with Crippen molar-refractivity contribution in [2.45, 2.75) is 0 Å². The van der Waals surface area contributed by atoms with Crippen LogP contribution in [0.5, 0.6) is 0 Å². The quantitative estimate of drug-likeness (QED) is 0.428. The highest BCUT2D eigenvalue weighted by molar-refractivity contribution is 6.38. The molecule has 9 heteroatoms. The number of aromatic nitrogens is 3. The second kappa shape index (κ2) is 6.61. The largest absolute Gasteiger partial charge is 0.399 e. The molecule has 0 unspecified atom stereocenters. The van der Waals surface area contributed by atoms with Gasteiger partial charge in [-0.3, -0.25) is 0 Å². The third-order valence-electron chi connectivity index (χ3n) is 3.92. The molecule has 0 amide bonds. The molecule has 27 heavy (non-hydrogen) atoms. The molecule has 0 bridgehead atoms. The van der Waals surface area contributed by atoms with Crippen LogP contribution in [0.2, 0.25) is 10.0 Å². The first-order valence-electron chi connectivity index (χ1n) is 7.83. The van der Waals surface area contributed by atoms with Gasteiger partial charge in [-0.15, -0.1) is 0 Å². The Morgan fingerprint density at radius 2 is 1.78 bits per heavy atom. The summed E-state index contributed by atoms with van der Waals surface area (Å²) in [6, 6.07) is 10.2. The van der Waals surface area contributed by atoms with Gasteiger partial charge in [0.1, 0.15) is 17.0 Å². The first-order valence-corrected chi connectivity index (χ1v) is 8.59. The zero-order valence-electron chi connectivity index (χ0n) is 13.7. The highest BCUT2D eigenvalue weighted by atomic mass is 35.5. The minimum atomic E-state index is -0.565. The molecule has 0 aliphatic heterocycles. The van der Waals surface area contributed by atoms with Gasteiger partial charge in [0, 0.05) is 23.3 Å². The Labute approximate surface area is 163 Å². The third-order valence-corrected chi connectivity index (χ3v) is 4.50. The summed E-state index contributed by atoms with van der Waals surface area (Å²) in [5.74, 6) is -0.143. The molecular weight excluding hydrogens is 390 g/mol. The van der Waals surface area contributed by atoms with Gasteiger partial charge in [-0.05, 0) is 30.3 Å². The third kappa shape index (κ3) is 3.22. The molecule has 6 nitrogen and oxygen atoms in total. The second-order valence-corrected chi connectivity index (χ2v) is 6.69. The van der Waals surface area contributed by atoms with Crippen molar-refractivity contribution in [2.75, 3.05) is 16.8 Å². The van der Waals surface area contributed by atoms with Crippen LogP contribution in [0.25, 0.3) is 16.6 Å². The maximum absolute atomic E-state index is 14.3. The van der Waals surface area contributed by atoms with Crippen molar-refractivity contribution in [2.24, 2.45) is 0 Å². The van der Waals surface area contributed by atoms with Gasteiger partial charge in [0.05, 0.1) is 21.6 Å². The zero-order chi connectivity index (χ0) is 19.1. The van der Waals surface area contributed by atoms with Crippen molar-refractivity contribution in [3.05, 3.63) is 64.7 Å². The van der Waals surface area contributed by atoms with E-state index in [1.54, 1.807) is 36.5 Å². The topological polar surface area (TPSA) is 94.8 Å². The summed E-state index contributed by atoms with van der Waals surface area (Å²) in [5.41, 5.74) is 13.8. The number of nitrogen functional groups attached to an aromatic ring is 2.